The first-order valence-electron chi connectivity index (χ1n) is 9.37. The van der Waals surface area contributed by atoms with Gasteiger partial charge in [0.1, 0.15) is 12.2 Å². The summed E-state index contributed by atoms with van der Waals surface area (Å²) in [4.78, 5) is 38.8. The molecule has 1 aliphatic rings. The number of barbiturate groups is 1. The number of carbonyl (C=O) groups is 3. The summed E-state index contributed by atoms with van der Waals surface area (Å²) in [5.74, 6) is 1.38. The first-order chi connectivity index (χ1) is 14.9. The average Bonchev–Trinajstić information content (AvgIpc) is 2.72. The van der Waals surface area contributed by atoms with Crippen LogP contribution in [0.2, 0.25) is 5.02 Å². The number of nitrogens with one attached hydrogen (secondary N) is 1. The van der Waals surface area contributed by atoms with E-state index in [-0.39, 0.29) is 23.0 Å². The second kappa shape index (κ2) is 9.37. The first-order valence-corrected chi connectivity index (χ1v) is 9.74. The number of anilines is 1. The second-order valence-electron chi connectivity index (χ2n) is 6.50. The molecule has 3 rings (SSSR count). The average molecular weight is 439 g/mol. The topological polar surface area (TPSA) is 84.9 Å². The lowest BCUT2D eigenvalue weighted by Gasteiger charge is -2.27. The summed E-state index contributed by atoms with van der Waals surface area (Å²) in [6.45, 7) is 3.87. The van der Waals surface area contributed by atoms with Gasteiger partial charge in [-0.3, -0.25) is 14.9 Å². The number of imide groups is 2. The Morgan fingerprint density at radius 2 is 1.94 bits per heavy atom. The highest BCUT2D eigenvalue weighted by atomic mass is 35.5. The molecule has 0 saturated carbocycles. The molecule has 1 heterocycles. The molecule has 0 atom stereocenters. The highest BCUT2D eigenvalue weighted by Crippen LogP contribution is 2.37. The van der Waals surface area contributed by atoms with Crippen LogP contribution in [-0.4, -0.2) is 31.1 Å². The van der Waals surface area contributed by atoms with Crippen LogP contribution in [0.4, 0.5) is 10.5 Å². The number of terminal acetylenes is 1. The number of halogens is 1. The van der Waals surface area contributed by atoms with Crippen molar-refractivity contribution >= 4 is 41.2 Å². The fraction of sp³-hybridized carbons (Fsp3) is 0.174. The molecule has 1 aliphatic heterocycles. The Hall–Kier alpha value is -3.76. The predicted molar refractivity (Wildman–Crippen MR) is 117 cm³/mol. The Balaban J connectivity index is 2.04. The number of rotatable bonds is 6. The molecule has 1 N–H and O–H groups in total. The minimum Gasteiger partial charge on any atom is -0.490 e. The van der Waals surface area contributed by atoms with E-state index in [0.29, 0.717) is 29.2 Å². The van der Waals surface area contributed by atoms with Crippen LogP contribution in [0.1, 0.15) is 18.1 Å². The van der Waals surface area contributed by atoms with Crippen LogP contribution >= 0.6 is 11.6 Å². The van der Waals surface area contributed by atoms with Gasteiger partial charge in [0.05, 0.1) is 17.3 Å². The summed E-state index contributed by atoms with van der Waals surface area (Å²) in [5.41, 5.74) is 1.28. The fourth-order valence-electron chi connectivity index (χ4n) is 3.05. The summed E-state index contributed by atoms with van der Waals surface area (Å²) >= 11 is 6.31. The summed E-state index contributed by atoms with van der Waals surface area (Å²) in [7, 11) is 0. The van der Waals surface area contributed by atoms with Gasteiger partial charge in [0, 0.05) is 0 Å². The molecule has 8 heteroatoms. The third-order valence-corrected chi connectivity index (χ3v) is 4.68. The SMILES string of the molecule is C#CCOc1c(Cl)cc(/C=C2\C(=O)NC(=O)N(c3ccccc3C)C2=O)cc1OCC. The molecule has 1 saturated heterocycles. The number of aryl methyl sites for hydroxylation is 1. The Bertz CT molecular complexity index is 1130. The molecule has 2 aromatic carbocycles. The van der Waals surface area contributed by atoms with Crippen molar-refractivity contribution in [3.05, 3.63) is 58.1 Å². The van der Waals surface area contributed by atoms with E-state index in [0.717, 1.165) is 4.90 Å². The Labute approximate surface area is 184 Å². The molecule has 7 nitrogen and oxygen atoms in total. The van der Waals surface area contributed by atoms with Crippen molar-refractivity contribution in [2.24, 2.45) is 0 Å². The van der Waals surface area contributed by atoms with Crippen LogP contribution in [-0.2, 0) is 9.59 Å². The largest absolute Gasteiger partial charge is 0.490 e. The number of ether oxygens (including phenoxy) is 2. The van der Waals surface area contributed by atoms with E-state index < -0.39 is 17.8 Å². The van der Waals surface area contributed by atoms with Gasteiger partial charge in [0.25, 0.3) is 11.8 Å². The molecule has 1 fully saturated rings. The molecule has 0 unspecified atom stereocenters. The second-order valence-corrected chi connectivity index (χ2v) is 6.91. The summed E-state index contributed by atoms with van der Waals surface area (Å²) in [6.07, 6.45) is 6.58. The lowest BCUT2D eigenvalue weighted by Crippen LogP contribution is -2.54. The number of benzene rings is 2. The highest BCUT2D eigenvalue weighted by molar-refractivity contribution is 6.39. The van der Waals surface area contributed by atoms with Crippen molar-refractivity contribution in [2.75, 3.05) is 18.1 Å². The van der Waals surface area contributed by atoms with E-state index in [9.17, 15) is 14.4 Å². The third kappa shape index (κ3) is 4.55. The van der Waals surface area contributed by atoms with Gasteiger partial charge < -0.3 is 9.47 Å². The summed E-state index contributed by atoms with van der Waals surface area (Å²) in [5, 5.41) is 2.40. The normalized spacial score (nSPS) is 15.0. The number of nitrogens with zero attached hydrogens (tertiary/aromatic N) is 1. The minimum atomic E-state index is -0.812. The molecular formula is C23H19ClN2O5. The molecule has 0 bridgehead atoms. The predicted octanol–water partition coefficient (Wildman–Crippen LogP) is 3.73. The van der Waals surface area contributed by atoms with E-state index in [4.69, 9.17) is 27.5 Å². The van der Waals surface area contributed by atoms with Crippen LogP contribution in [0, 0.1) is 19.3 Å². The highest BCUT2D eigenvalue weighted by Gasteiger charge is 2.37. The molecule has 31 heavy (non-hydrogen) atoms. The maximum absolute atomic E-state index is 13.1. The monoisotopic (exact) mass is 438 g/mol. The first kappa shape index (κ1) is 21.9. The van der Waals surface area contributed by atoms with Crippen molar-refractivity contribution in [2.45, 2.75) is 13.8 Å². The number of carbonyl (C=O) groups excluding carboxylic acids is 3. The van der Waals surface area contributed by atoms with Crippen LogP contribution < -0.4 is 19.7 Å². The number of amides is 4. The molecular weight excluding hydrogens is 420 g/mol. The Kier molecular flexibility index (Phi) is 6.63. The zero-order chi connectivity index (χ0) is 22.5. The van der Waals surface area contributed by atoms with Gasteiger partial charge in [0.2, 0.25) is 0 Å². The number of hydrogen-bond acceptors (Lipinski definition) is 5. The lowest BCUT2D eigenvalue weighted by atomic mass is 10.1. The van der Waals surface area contributed by atoms with Crippen LogP contribution in [0.15, 0.2) is 42.0 Å². The molecule has 0 spiro atoms. The van der Waals surface area contributed by atoms with E-state index in [2.05, 4.69) is 11.2 Å². The maximum atomic E-state index is 13.1. The van der Waals surface area contributed by atoms with Gasteiger partial charge in [-0.2, -0.15) is 0 Å². The summed E-state index contributed by atoms with van der Waals surface area (Å²) in [6, 6.07) is 9.15. The smallest absolute Gasteiger partial charge is 0.335 e. The quantitative estimate of drug-likeness (QED) is 0.422. The fourth-order valence-corrected chi connectivity index (χ4v) is 3.32. The van der Waals surface area contributed by atoms with E-state index in [1.54, 1.807) is 44.2 Å². The molecule has 0 aromatic heterocycles. The van der Waals surface area contributed by atoms with Crippen molar-refractivity contribution in [1.29, 1.82) is 0 Å². The van der Waals surface area contributed by atoms with Crippen molar-refractivity contribution < 1.29 is 23.9 Å². The lowest BCUT2D eigenvalue weighted by molar-refractivity contribution is -0.122. The molecule has 4 amide bonds. The molecule has 0 radical (unpaired) electrons. The third-order valence-electron chi connectivity index (χ3n) is 4.40. The maximum Gasteiger partial charge on any atom is 0.335 e. The zero-order valence-electron chi connectivity index (χ0n) is 16.9. The summed E-state index contributed by atoms with van der Waals surface area (Å²) < 4.78 is 11.0. The van der Waals surface area contributed by atoms with Gasteiger partial charge in [-0.1, -0.05) is 35.7 Å². The van der Waals surface area contributed by atoms with Crippen LogP contribution in [0.25, 0.3) is 6.08 Å². The zero-order valence-corrected chi connectivity index (χ0v) is 17.7. The van der Waals surface area contributed by atoms with Crippen LogP contribution in [0.5, 0.6) is 11.5 Å². The minimum absolute atomic E-state index is 0.00534. The standard InChI is InChI=1S/C23H19ClN2O5/c1-4-10-31-20-17(24)12-15(13-19(20)30-5-2)11-16-21(27)25-23(29)26(22(16)28)18-9-7-6-8-14(18)3/h1,6-9,11-13H,5,10H2,2-3H3,(H,25,27,29)/b16-11+. The Morgan fingerprint density at radius 3 is 2.61 bits per heavy atom. The van der Waals surface area contributed by atoms with Gasteiger partial charge >= 0.3 is 6.03 Å². The molecule has 0 aliphatic carbocycles. The van der Waals surface area contributed by atoms with Gasteiger partial charge in [-0.15, -0.1) is 6.42 Å². The van der Waals surface area contributed by atoms with E-state index in [1.807, 2.05) is 0 Å². The van der Waals surface area contributed by atoms with Gasteiger partial charge in [-0.05, 0) is 49.2 Å². The molecule has 158 valence electrons. The van der Waals surface area contributed by atoms with Crippen molar-refractivity contribution in [3.63, 3.8) is 0 Å². The van der Waals surface area contributed by atoms with Gasteiger partial charge in [-0.25, -0.2) is 9.69 Å². The van der Waals surface area contributed by atoms with Gasteiger partial charge in [0.15, 0.2) is 11.5 Å². The Morgan fingerprint density at radius 1 is 1.19 bits per heavy atom. The van der Waals surface area contributed by atoms with E-state index >= 15 is 0 Å². The van der Waals surface area contributed by atoms with Crippen molar-refractivity contribution in [3.8, 4) is 23.8 Å². The van der Waals surface area contributed by atoms with Crippen molar-refractivity contribution in [1.82, 2.24) is 5.32 Å². The molecule has 2 aromatic rings. The number of hydrogen-bond donors (Lipinski definition) is 1. The number of para-hydroxylation sites is 1. The van der Waals surface area contributed by atoms with Crippen LogP contribution in [0.3, 0.4) is 0 Å². The van der Waals surface area contributed by atoms with E-state index in [1.165, 1.54) is 12.1 Å². The number of urea groups is 1.